The first-order valence-corrected chi connectivity index (χ1v) is 9.60. The Kier molecular flexibility index (Phi) is 7.05. The van der Waals surface area contributed by atoms with Crippen molar-refractivity contribution < 1.29 is 14.4 Å². The highest BCUT2D eigenvalue weighted by Crippen LogP contribution is 2.42. The monoisotopic (exact) mass is 417 g/mol. The maximum absolute atomic E-state index is 11.8. The van der Waals surface area contributed by atoms with Crippen LogP contribution >= 0.6 is 23.2 Å². The fourth-order valence-electron chi connectivity index (χ4n) is 3.11. The molecular formula is C22H21Cl2NO3. The number of hydrogen-bond acceptors (Lipinski definition) is 4. The molecule has 0 spiro atoms. The van der Waals surface area contributed by atoms with Gasteiger partial charge in [-0.1, -0.05) is 83.9 Å². The second-order valence-corrected chi connectivity index (χ2v) is 7.26. The van der Waals surface area contributed by atoms with E-state index in [2.05, 4.69) is 0 Å². The third-order valence-electron chi connectivity index (χ3n) is 4.54. The zero-order valence-corrected chi connectivity index (χ0v) is 16.9. The highest BCUT2D eigenvalue weighted by Gasteiger charge is 2.49. The molecule has 28 heavy (non-hydrogen) atoms. The number of nitrogens with zero attached hydrogens (tertiary/aromatic N) is 1. The summed E-state index contributed by atoms with van der Waals surface area (Å²) in [4.78, 5) is 18.1. The van der Waals surface area contributed by atoms with Crippen LogP contribution in [0.25, 0.3) is 0 Å². The van der Waals surface area contributed by atoms with Crippen molar-refractivity contribution in [2.24, 2.45) is 5.92 Å². The molecule has 0 bridgehead atoms. The number of hydroxylamine groups is 2. The van der Waals surface area contributed by atoms with E-state index in [1.165, 1.54) is 7.11 Å². The number of benzene rings is 2. The molecule has 3 rings (SSSR count). The molecule has 0 saturated carbocycles. The molecule has 146 valence electrons. The summed E-state index contributed by atoms with van der Waals surface area (Å²) in [5.74, 6) is -2.38. The van der Waals surface area contributed by atoms with E-state index in [4.69, 9.17) is 32.8 Å². The largest absolute Gasteiger partial charge is 0.347 e. The second kappa shape index (κ2) is 9.50. The summed E-state index contributed by atoms with van der Waals surface area (Å²) in [7, 11) is 1.45. The summed E-state index contributed by atoms with van der Waals surface area (Å²) >= 11 is 12.7. The molecule has 0 N–H and O–H groups in total. The Morgan fingerprint density at radius 1 is 0.964 bits per heavy atom. The number of carbonyl (C=O) groups is 1. The molecule has 0 heterocycles. The van der Waals surface area contributed by atoms with Crippen molar-refractivity contribution >= 4 is 29.5 Å². The molecule has 0 aromatic heterocycles. The zero-order valence-electron chi connectivity index (χ0n) is 15.4. The molecular weight excluding hydrogens is 397 g/mol. The minimum Gasteiger partial charge on any atom is -0.347 e. The van der Waals surface area contributed by atoms with Gasteiger partial charge in [-0.2, -0.15) is 5.06 Å². The summed E-state index contributed by atoms with van der Waals surface area (Å²) in [6.45, 7) is 0.940. The zero-order chi connectivity index (χ0) is 20.0. The molecule has 2 aromatic rings. The van der Waals surface area contributed by atoms with Gasteiger partial charge in [-0.15, -0.1) is 0 Å². The van der Waals surface area contributed by atoms with Crippen molar-refractivity contribution in [2.45, 2.75) is 18.9 Å². The van der Waals surface area contributed by atoms with Gasteiger partial charge in [-0.25, -0.2) is 0 Å². The van der Waals surface area contributed by atoms with Crippen LogP contribution in [0.15, 0.2) is 82.9 Å². The van der Waals surface area contributed by atoms with Gasteiger partial charge < -0.3 is 9.53 Å². The highest BCUT2D eigenvalue weighted by molar-refractivity contribution is 6.34. The predicted molar refractivity (Wildman–Crippen MR) is 110 cm³/mol. The fraction of sp³-hybridized carbons (Fsp3) is 0.227. The van der Waals surface area contributed by atoms with Gasteiger partial charge in [-0.3, -0.25) is 4.84 Å². The summed E-state index contributed by atoms with van der Waals surface area (Å²) in [6, 6.07) is 19.8. The van der Waals surface area contributed by atoms with Crippen LogP contribution in [0.4, 0.5) is 0 Å². The van der Waals surface area contributed by atoms with Crippen molar-refractivity contribution in [1.29, 1.82) is 0 Å². The van der Waals surface area contributed by atoms with Crippen molar-refractivity contribution in [2.75, 3.05) is 7.11 Å². The van der Waals surface area contributed by atoms with E-state index in [0.29, 0.717) is 24.4 Å². The van der Waals surface area contributed by atoms with Crippen LogP contribution in [0.3, 0.4) is 0 Å². The van der Waals surface area contributed by atoms with Gasteiger partial charge >= 0.3 is 0 Å². The number of rotatable bonds is 8. The lowest BCUT2D eigenvalue weighted by atomic mass is 9.94. The van der Waals surface area contributed by atoms with Gasteiger partial charge in [0.15, 0.2) is 0 Å². The van der Waals surface area contributed by atoms with Gasteiger partial charge in [-0.05, 0) is 23.3 Å². The number of carbonyl (C=O) groups excluding carboxylic acids is 1. The third kappa shape index (κ3) is 4.54. The molecule has 6 heteroatoms. The van der Waals surface area contributed by atoms with E-state index in [0.717, 1.165) is 11.1 Å². The maximum Gasteiger partial charge on any atom is 0.238 e. The molecule has 0 radical (unpaired) electrons. The Hall–Kier alpha value is -1.95. The minimum atomic E-state index is -1.52. The van der Waals surface area contributed by atoms with Crippen LogP contribution in [0, 0.1) is 5.92 Å². The van der Waals surface area contributed by atoms with Crippen LogP contribution in [-0.4, -0.2) is 24.2 Å². The number of ether oxygens (including phenoxy) is 1. The standard InChI is InChI=1S/C22H21Cl2NO3/c1-27-22(19(16-26)20(23)12-13-21(22)24)28-25(14-17-8-4-2-5-9-17)15-18-10-6-3-7-11-18/h2-13,16,19H,14-15H2,1H3. The Labute approximate surface area is 174 Å². The van der Waals surface area contributed by atoms with Crippen molar-refractivity contribution in [3.63, 3.8) is 0 Å². The number of methoxy groups -OCH3 is 1. The number of halogens is 2. The number of hydrogen-bond donors (Lipinski definition) is 0. The van der Waals surface area contributed by atoms with Gasteiger partial charge in [0.05, 0.1) is 5.03 Å². The molecule has 2 aromatic carbocycles. The predicted octanol–water partition coefficient (Wildman–Crippen LogP) is 5.04. The van der Waals surface area contributed by atoms with E-state index in [1.807, 2.05) is 60.7 Å². The average molecular weight is 418 g/mol. The van der Waals surface area contributed by atoms with Crippen LogP contribution in [0.1, 0.15) is 11.1 Å². The van der Waals surface area contributed by atoms with Crippen molar-refractivity contribution in [3.8, 4) is 0 Å². The van der Waals surface area contributed by atoms with E-state index >= 15 is 0 Å². The number of allylic oxidation sites excluding steroid dienone is 2. The van der Waals surface area contributed by atoms with Crippen molar-refractivity contribution in [1.82, 2.24) is 5.06 Å². The normalized spacial score (nSPS) is 21.9. The van der Waals surface area contributed by atoms with E-state index < -0.39 is 11.7 Å². The lowest BCUT2D eigenvalue weighted by molar-refractivity contribution is -0.336. The highest BCUT2D eigenvalue weighted by atomic mass is 35.5. The molecule has 1 aliphatic carbocycles. The van der Waals surface area contributed by atoms with E-state index in [9.17, 15) is 4.79 Å². The Morgan fingerprint density at radius 3 is 1.96 bits per heavy atom. The van der Waals surface area contributed by atoms with Crippen LogP contribution in [0.2, 0.25) is 0 Å². The smallest absolute Gasteiger partial charge is 0.238 e. The second-order valence-electron chi connectivity index (χ2n) is 6.41. The molecule has 0 amide bonds. The summed E-state index contributed by atoms with van der Waals surface area (Å²) in [6.07, 6.45) is 3.87. The lowest BCUT2D eigenvalue weighted by Gasteiger charge is -2.41. The van der Waals surface area contributed by atoms with E-state index in [1.54, 1.807) is 17.2 Å². The molecule has 1 aliphatic rings. The quantitative estimate of drug-likeness (QED) is 0.342. The molecule has 4 nitrogen and oxygen atoms in total. The van der Waals surface area contributed by atoms with Gasteiger partial charge in [0.25, 0.3) is 0 Å². The van der Waals surface area contributed by atoms with Crippen LogP contribution in [-0.2, 0) is 27.5 Å². The molecule has 0 fully saturated rings. The van der Waals surface area contributed by atoms with Gasteiger partial charge in [0, 0.05) is 25.2 Å². The Balaban J connectivity index is 1.93. The summed E-state index contributed by atoms with van der Waals surface area (Å²) < 4.78 is 5.65. The van der Waals surface area contributed by atoms with E-state index in [-0.39, 0.29) is 5.03 Å². The van der Waals surface area contributed by atoms with Crippen LogP contribution < -0.4 is 0 Å². The summed E-state index contributed by atoms with van der Waals surface area (Å²) in [5, 5.41) is 2.29. The molecule has 0 saturated heterocycles. The molecule has 0 aliphatic heterocycles. The Morgan fingerprint density at radius 2 is 1.50 bits per heavy atom. The van der Waals surface area contributed by atoms with Gasteiger partial charge in [0.2, 0.25) is 5.79 Å². The fourth-order valence-corrected chi connectivity index (χ4v) is 3.66. The minimum absolute atomic E-state index is 0.252. The molecule has 2 atom stereocenters. The van der Waals surface area contributed by atoms with Crippen molar-refractivity contribution in [3.05, 3.63) is 94.0 Å². The maximum atomic E-state index is 11.8. The average Bonchev–Trinajstić information content (AvgIpc) is 2.72. The lowest BCUT2D eigenvalue weighted by Crippen LogP contribution is -2.50. The Bertz CT molecular complexity index is 813. The topological polar surface area (TPSA) is 38.8 Å². The first-order valence-electron chi connectivity index (χ1n) is 8.85. The van der Waals surface area contributed by atoms with Crippen LogP contribution in [0.5, 0.6) is 0 Å². The number of aldehydes is 1. The summed E-state index contributed by atoms with van der Waals surface area (Å²) in [5.41, 5.74) is 2.09. The first kappa shape index (κ1) is 20.8. The first-order chi connectivity index (χ1) is 13.6. The van der Waals surface area contributed by atoms with Gasteiger partial charge in [0.1, 0.15) is 12.2 Å². The molecule has 2 unspecified atom stereocenters. The SMILES string of the molecule is COC1(ON(Cc2ccccc2)Cc2ccccc2)C(Cl)=CC=C(Cl)C1C=O. The third-order valence-corrected chi connectivity index (χ3v) is 5.29.